The van der Waals surface area contributed by atoms with E-state index in [0.717, 1.165) is 58.1 Å². The maximum Gasteiger partial charge on any atom is 0.534 e. The smallest absolute Gasteiger partial charge is 0.475 e. The van der Waals surface area contributed by atoms with Crippen molar-refractivity contribution < 1.29 is 68.4 Å². The van der Waals surface area contributed by atoms with Crippen LogP contribution in [0.2, 0.25) is 19.6 Å². The van der Waals surface area contributed by atoms with Gasteiger partial charge in [0.15, 0.2) is 0 Å². The molecule has 3 saturated heterocycles. The average Bonchev–Trinajstić information content (AvgIpc) is 2.80. The minimum atomic E-state index is -5.78. The Morgan fingerprint density at radius 2 is 0.965 bits per heavy atom. The molecule has 6 aliphatic rings. The van der Waals surface area contributed by atoms with Gasteiger partial charge in [-0.15, -0.1) is 12.0 Å². The first-order valence-corrected chi connectivity index (χ1v) is 32.4. The SMILES string of the molecule is C#Cc1ccc2c(c1)CCn1c-2cc(OCC2COCCO2)nc1=O.C[Si](C)(C)C#Cc1ccc2c(c1)CCn1c-2cc(OCC2COCCO2)nc1=O.O=c1nc(OCC2COCCO2)cc2n1CCc1cc(OS(=O)(=O)C(F)(F)F)ccc1-2. The van der Waals surface area contributed by atoms with Gasteiger partial charge in [0.25, 0.3) is 0 Å². The zero-order valence-corrected chi connectivity index (χ0v) is 48.6. The lowest BCUT2D eigenvalue weighted by Gasteiger charge is -2.24. The Balaban J connectivity index is 0.000000143. The molecule has 9 heterocycles. The summed E-state index contributed by atoms with van der Waals surface area (Å²) in [5.41, 5.74) is 6.13. The van der Waals surface area contributed by atoms with E-state index in [2.05, 4.69) is 68.3 Å². The molecule has 3 unspecified atom stereocenters. The largest absolute Gasteiger partial charge is 0.534 e. The fourth-order valence-electron chi connectivity index (χ4n) is 9.90. The van der Waals surface area contributed by atoms with Crippen molar-refractivity contribution in [3.63, 3.8) is 0 Å². The number of hydrogen-bond donors (Lipinski definition) is 0. The molecule has 3 aromatic carbocycles. The first-order valence-electron chi connectivity index (χ1n) is 27.5. The van der Waals surface area contributed by atoms with Crippen molar-refractivity contribution in [1.82, 2.24) is 28.7 Å². The zero-order chi connectivity index (χ0) is 59.9. The summed E-state index contributed by atoms with van der Waals surface area (Å²) in [5.74, 6) is 6.20. The van der Waals surface area contributed by atoms with Gasteiger partial charge in [-0.05, 0) is 78.4 Å². The van der Waals surface area contributed by atoms with Gasteiger partial charge in [0.2, 0.25) is 17.6 Å². The highest BCUT2D eigenvalue weighted by Gasteiger charge is 2.48. The van der Waals surface area contributed by atoms with Crippen molar-refractivity contribution in [2.45, 2.75) is 82.4 Å². The summed E-state index contributed by atoms with van der Waals surface area (Å²) in [7, 11) is -7.20. The van der Waals surface area contributed by atoms with Gasteiger partial charge in [-0.3, -0.25) is 13.7 Å². The Bertz CT molecular complexity index is 3850. The molecule has 12 rings (SSSR count). The molecule has 0 spiro atoms. The Labute approximate surface area is 488 Å². The molecule has 0 aliphatic carbocycles. The van der Waals surface area contributed by atoms with E-state index in [1.54, 1.807) is 15.2 Å². The molecule has 3 aromatic heterocycles. The molecule has 0 N–H and O–H groups in total. The van der Waals surface area contributed by atoms with E-state index < -0.39 is 35.1 Å². The monoisotopic (exact) mass is 1210 g/mol. The molecule has 0 bridgehead atoms. The van der Waals surface area contributed by atoms with Crippen molar-refractivity contribution in [3.05, 3.63) is 132 Å². The number of fused-ring (bicyclic) bond motifs is 9. The van der Waals surface area contributed by atoms with Crippen molar-refractivity contribution >= 4 is 18.2 Å². The van der Waals surface area contributed by atoms with Crippen LogP contribution in [-0.2, 0) is 77.4 Å². The van der Waals surface area contributed by atoms with Crippen LogP contribution in [0.4, 0.5) is 13.2 Å². The van der Waals surface area contributed by atoms with Crippen LogP contribution in [0.1, 0.15) is 27.8 Å². The number of nitrogens with zero attached hydrogens (tertiary/aromatic N) is 6. The van der Waals surface area contributed by atoms with E-state index >= 15 is 0 Å². The topological polar surface area (TPSA) is 231 Å². The number of aromatic nitrogens is 6. The standard InChI is InChI=1S/C22H26N2O4Si.C19H18N2O4.C18H17F3N2O7S/c1-29(2,3)11-7-16-4-5-19-17(12-16)6-8-24-20(19)13-21(23-22(24)25)28-15-18-14-26-9-10-27-18;1-2-13-3-4-16-14(9-13)5-6-21-17(16)10-18(20-19(21)22)25-12-15-11-23-7-8-24-15;19-18(20,21)31(25,26)30-12-1-2-14-11(7-12)3-4-23-15(14)8-16(22-17(23)24)29-10-13-9-27-5-6-28-13/h4-5,12-13,18H,6,8-10,14-15H2,1-3H3;1,3-4,9-10,15H,5-8,11-12H2;1-2,7-8,13H,3-6,9-10H2. The van der Waals surface area contributed by atoms with E-state index in [0.29, 0.717) is 114 Å². The van der Waals surface area contributed by atoms with Crippen LogP contribution in [0.25, 0.3) is 33.8 Å². The third kappa shape index (κ3) is 15.1. The second kappa shape index (κ2) is 26.3. The first kappa shape index (κ1) is 60.5. The van der Waals surface area contributed by atoms with E-state index in [-0.39, 0.29) is 55.1 Å². The van der Waals surface area contributed by atoms with Gasteiger partial charge in [-0.2, -0.15) is 36.5 Å². The summed E-state index contributed by atoms with van der Waals surface area (Å²) >= 11 is 0. The fourth-order valence-corrected chi connectivity index (χ4v) is 10.9. The first-order chi connectivity index (χ1) is 40.8. The summed E-state index contributed by atoms with van der Waals surface area (Å²) in [6, 6.07) is 20.9. The van der Waals surface area contributed by atoms with Crippen LogP contribution >= 0.6 is 0 Å². The third-order valence-electron chi connectivity index (χ3n) is 14.0. The molecule has 26 heteroatoms. The van der Waals surface area contributed by atoms with E-state index in [1.807, 2.05) is 30.3 Å². The van der Waals surface area contributed by atoms with Crippen LogP contribution in [0.3, 0.4) is 0 Å². The molecule has 448 valence electrons. The van der Waals surface area contributed by atoms with Crippen molar-refractivity contribution in [3.8, 4) is 81.0 Å². The number of halogens is 3. The van der Waals surface area contributed by atoms with Gasteiger partial charge in [0.05, 0.1) is 76.5 Å². The van der Waals surface area contributed by atoms with Crippen LogP contribution < -0.4 is 35.5 Å². The zero-order valence-electron chi connectivity index (χ0n) is 46.8. The molecule has 0 amide bonds. The van der Waals surface area contributed by atoms with Gasteiger partial charge in [-0.25, -0.2) is 14.4 Å². The Morgan fingerprint density at radius 1 is 0.576 bits per heavy atom. The minimum Gasteiger partial charge on any atom is -0.475 e. The van der Waals surface area contributed by atoms with E-state index in [1.165, 1.54) is 28.3 Å². The Hall–Kier alpha value is -7.66. The minimum absolute atomic E-state index is 0.0678. The highest BCUT2D eigenvalue weighted by Crippen LogP contribution is 2.36. The molecule has 0 radical (unpaired) electrons. The number of rotatable bonds is 11. The number of terminal acetylenes is 1. The quantitative estimate of drug-likeness (QED) is 0.0700. The van der Waals surface area contributed by atoms with Crippen molar-refractivity contribution in [2.75, 3.05) is 79.3 Å². The maximum absolute atomic E-state index is 12.6. The Kier molecular flexibility index (Phi) is 18.7. The lowest BCUT2D eigenvalue weighted by molar-refractivity contribution is -0.102. The van der Waals surface area contributed by atoms with Gasteiger partial charge in [-0.1, -0.05) is 43.6 Å². The molecule has 6 aromatic rings. The lowest BCUT2D eigenvalue weighted by atomic mass is 9.96. The molecular formula is C59H61F3N6O15SSi. The number of benzene rings is 3. The normalized spacial score (nSPS) is 18.6. The fraction of sp³-hybridized carbons (Fsp3) is 0.424. The predicted octanol–water partition coefficient (Wildman–Crippen LogP) is 5.22. The van der Waals surface area contributed by atoms with Crippen LogP contribution in [0.5, 0.6) is 23.4 Å². The molecule has 21 nitrogen and oxygen atoms in total. The number of alkyl halides is 3. The molecule has 85 heavy (non-hydrogen) atoms. The third-order valence-corrected chi connectivity index (χ3v) is 15.9. The highest BCUT2D eigenvalue weighted by molar-refractivity contribution is 7.88. The Morgan fingerprint density at radius 3 is 1.34 bits per heavy atom. The summed E-state index contributed by atoms with van der Waals surface area (Å²) in [6.45, 7) is 13.5. The summed E-state index contributed by atoms with van der Waals surface area (Å²) < 4.78 is 119. The number of hydrogen-bond acceptors (Lipinski definition) is 18. The lowest BCUT2D eigenvalue weighted by Crippen LogP contribution is -2.34. The second-order valence-corrected chi connectivity index (χ2v) is 27.6. The number of aryl methyl sites for hydroxylation is 3. The highest BCUT2D eigenvalue weighted by atomic mass is 32.2. The van der Waals surface area contributed by atoms with Gasteiger partial charge < -0.3 is 46.8 Å². The van der Waals surface area contributed by atoms with Crippen LogP contribution in [0, 0.1) is 23.8 Å². The summed E-state index contributed by atoms with van der Waals surface area (Å²) in [4.78, 5) is 49.3. The van der Waals surface area contributed by atoms with Crippen LogP contribution in [-0.4, -0.2) is 148 Å². The van der Waals surface area contributed by atoms with E-state index in [9.17, 15) is 36.0 Å². The molecule has 6 aliphatic heterocycles. The van der Waals surface area contributed by atoms with E-state index in [4.69, 9.17) is 49.1 Å². The van der Waals surface area contributed by atoms with Crippen molar-refractivity contribution in [1.29, 1.82) is 0 Å². The predicted molar refractivity (Wildman–Crippen MR) is 305 cm³/mol. The second-order valence-electron chi connectivity index (χ2n) is 21.3. The molecule has 3 atom stereocenters. The number of ether oxygens (including phenoxy) is 9. The molecule has 0 saturated carbocycles. The summed E-state index contributed by atoms with van der Waals surface area (Å²) in [5, 5.41) is 0. The van der Waals surface area contributed by atoms with Crippen LogP contribution in [0.15, 0.2) is 87.2 Å². The van der Waals surface area contributed by atoms with Gasteiger partial charge in [0, 0.05) is 65.7 Å². The molecular weight excluding hydrogens is 1150 g/mol. The van der Waals surface area contributed by atoms with Gasteiger partial charge in [0.1, 0.15) is 52.0 Å². The van der Waals surface area contributed by atoms with Crippen molar-refractivity contribution in [2.24, 2.45) is 0 Å². The average molecular weight is 1210 g/mol. The summed E-state index contributed by atoms with van der Waals surface area (Å²) in [6.07, 6.45) is 6.74. The maximum atomic E-state index is 12.6. The molecule has 3 fully saturated rings. The van der Waals surface area contributed by atoms with Gasteiger partial charge >= 0.3 is 32.7 Å².